The Bertz CT molecular complexity index is 657. The van der Waals surface area contributed by atoms with Gasteiger partial charge >= 0.3 is 0 Å². The standard InChI is InChI=1S/C16H11Cl/c17-14-10-13-8-4-5-9-15(13)16(11-14)12-6-2-1-3-7-12/h1-11H. The number of benzene rings is 3. The molecule has 0 N–H and O–H groups in total. The van der Waals surface area contributed by atoms with Gasteiger partial charge in [-0.15, -0.1) is 0 Å². The molecule has 17 heavy (non-hydrogen) atoms. The predicted molar refractivity (Wildman–Crippen MR) is 74.4 cm³/mol. The monoisotopic (exact) mass is 238 g/mol. The lowest BCUT2D eigenvalue weighted by Crippen LogP contribution is -1.81. The molecule has 0 unspecified atom stereocenters. The summed E-state index contributed by atoms with van der Waals surface area (Å²) in [5, 5.41) is 3.20. The second-order valence-corrected chi connectivity index (χ2v) is 4.48. The van der Waals surface area contributed by atoms with E-state index in [-0.39, 0.29) is 0 Å². The molecule has 0 aliphatic heterocycles. The van der Waals surface area contributed by atoms with Crippen molar-refractivity contribution >= 4 is 22.4 Å². The molecule has 0 nitrogen and oxygen atoms in total. The van der Waals surface area contributed by atoms with Crippen molar-refractivity contribution in [3.8, 4) is 11.1 Å². The third-order valence-corrected chi connectivity index (χ3v) is 3.13. The van der Waals surface area contributed by atoms with Gasteiger partial charge in [-0.05, 0) is 34.0 Å². The molecule has 0 amide bonds. The van der Waals surface area contributed by atoms with Crippen molar-refractivity contribution in [2.45, 2.75) is 0 Å². The largest absolute Gasteiger partial charge is 0.0843 e. The summed E-state index contributed by atoms with van der Waals surface area (Å²) in [7, 11) is 0. The van der Waals surface area contributed by atoms with E-state index in [1.54, 1.807) is 0 Å². The topological polar surface area (TPSA) is 0 Å². The van der Waals surface area contributed by atoms with E-state index in [1.165, 1.54) is 21.9 Å². The lowest BCUT2D eigenvalue weighted by Gasteiger charge is -2.07. The molecule has 0 aromatic heterocycles. The molecule has 0 saturated heterocycles. The van der Waals surface area contributed by atoms with Gasteiger partial charge in [0.25, 0.3) is 0 Å². The second kappa shape index (κ2) is 4.23. The van der Waals surface area contributed by atoms with Gasteiger partial charge in [-0.3, -0.25) is 0 Å². The van der Waals surface area contributed by atoms with E-state index in [4.69, 9.17) is 11.6 Å². The average molecular weight is 239 g/mol. The first-order chi connectivity index (χ1) is 8.34. The minimum absolute atomic E-state index is 0.780. The van der Waals surface area contributed by atoms with Crippen LogP contribution in [0.15, 0.2) is 66.7 Å². The fourth-order valence-corrected chi connectivity index (χ4v) is 2.36. The highest BCUT2D eigenvalue weighted by Crippen LogP contribution is 2.31. The molecule has 0 fully saturated rings. The van der Waals surface area contributed by atoms with Crippen LogP contribution in [0.4, 0.5) is 0 Å². The van der Waals surface area contributed by atoms with Crippen LogP contribution in [0.25, 0.3) is 21.9 Å². The first kappa shape index (κ1) is 10.4. The Labute approximate surface area is 105 Å². The fourth-order valence-electron chi connectivity index (χ4n) is 2.13. The fraction of sp³-hybridized carbons (Fsp3) is 0. The van der Waals surface area contributed by atoms with Crippen molar-refractivity contribution in [3.05, 3.63) is 71.8 Å². The molecule has 0 spiro atoms. The summed E-state index contributed by atoms with van der Waals surface area (Å²) in [4.78, 5) is 0. The van der Waals surface area contributed by atoms with Gasteiger partial charge in [-0.2, -0.15) is 0 Å². The highest BCUT2D eigenvalue weighted by Gasteiger charge is 2.04. The minimum atomic E-state index is 0.780. The maximum absolute atomic E-state index is 6.17. The van der Waals surface area contributed by atoms with E-state index in [1.807, 2.05) is 36.4 Å². The molecule has 0 radical (unpaired) electrons. The van der Waals surface area contributed by atoms with E-state index in [0.29, 0.717) is 0 Å². The Morgan fingerprint density at radius 1 is 0.706 bits per heavy atom. The summed E-state index contributed by atoms with van der Waals surface area (Å²) in [5.74, 6) is 0. The SMILES string of the molecule is Clc1cc(-c2ccccc2)c2ccccc2c1. The number of halogens is 1. The van der Waals surface area contributed by atoms with Crippen molar-refractivity contribution in [2.24, 2.45) is 0 Å². The third kappa shape index (κ3) is 1.92. The van der Waals surface area contributed by atoms with Crippen molar-refractivity contribution in [3.63, 3.8) is 0 Å². The molecule has 0 heterocycles. The Morgan fingerprint density at radius 3 is 2.24 bits per heavy atom. The summed E-state index contributed by atoms with van der Waals surface area (Å²) in [5.41, 5.74) is 2.39. The zero-order valence-corrected chi connectivity index (χ0v) is 9.98. The van der Waals surface area contributed by atoms with Crippen molar-refractivity contribution in [2.75, 3.05) is 0 Å². The van der Waals surface area contributed by atoms with Crippen molar-refractivity contribution in [1.82, 2.24) is 0 Å². The molecule has 0 aliphatic carbocycles. The normalized spacial score (nSPS) is 10.6. The van der Waals surface area contributed by atoms with E-state index in [2.05, 4.69) is 30.3 Å². The maximum Gasteiger partial charge on any atom is 0.0418 e. The lowest BCUT2D eigenvalue weighted by atomic mass is 9.98. The van der Waals surface area contributed by atoms with Crippen LogP contribution in [0.3, 0.4) is 0 Å². The summed E-state index contributed by atoms with van der Waals surface area (Å²) < 4.78 is 0. The van der Waals surface area contributed by atoms with Crippen LogP contribution in [0.5, 0.6) is 0 Å². The molecule has 3 aromatic carbocycles. The number of hydrogen-bond donors (Lipinski definition) is 0. The second-order valence-electron chi connectivity index (χ2n) is 4.04. The Hall–Kier alpha value is -1.79. The van der Waals surface area contributed by atoms with Crippen LogP contribution < -0.4 is 0 Å². The van der Waals surface area contributed by atoms with Gasteiger partial charge in [0.05, 0.1) is 0 Å². The first-order valence-corrected chi connectivity index (χ1v) is 5.96. The van der Waals surface area contributed by atoms with Gasteiger partial charge in [0.15, 0.2) is 0 Å². The van der Waals surface area contributed by atoms with E-state index in [0.717, 1.165) is 5.02 Å². The lowest BCUT2D eigenvalue weighted by molar-refractivity contribution is 1.65. The zero-order chi connectivity index (χ0) is 11.7. The zero-order valence-electron chi connectivity index (χ0n) is 9.23. The molecule has 0 aliphatic rings. The maximum atomic E-state index is 6.17. The van der Waals surface area contributed by atoms with Crippen LogP contribution in [0, 0.1) is 0 Å². The molecule has 1 heteroatoms. The van der Waals surface area contributed by atoms with Crippen LogP contribution >= 0.6 is 11.6 Å². The molecule has 0 saturated carbocycles. The summed E-state index contributed by atoms with van der Waals surface area (Å²) in [6, 6.07) is 22.7. The Balaban J connectivity index is 2.36. The Kier molecular flexibility index (Phi) is 2.58. The first-order valence-electron chi connectivity index (χ1n) is 5.58. The van der Waals surface area contributed by atoms with Crippen molar-refractivity contribution < 1.29 is 0 Å². The predicted octanol–water partition coefficient (Wildman–Crippen LogP) is 5.16. The van der Waals surface area contributed by atoms with Gasteiger partial charge in [-0.25, -0.2) is 0 Å². The molecule has 82 valence electrons. The molecular weight excluding hydrogens is 228 g/mol. The van der Waals surface area contributed by atoms with Gasteiger partial charge in [-0.1, -0.05) is 66.2 Å². The van der Waals surface area contributed by atoms with E-state index in [9.17, 15) is 0 Å². The van der Waals surface area contributed by atoms with Crippen LogP contribution in [-0.2, 0) is 0 Å². The van der Waals surface area contributed by atoms with Gasteiger partial charge < -0.3 is 0 Å². The van der Waals surface area contributed by atoms with E-state index < -0.39 is 0 Å². The molecule has 3 aromatic rings. The molecule has 3 rings (SSSR count). The summed E-state index contributed by atoms with van der Waals surface area (Å²) >= 11 is 6.17. The molecular formula is C16H11Cl. The quantitative estimate of drug-likeness (QED) is 0.549. The van der Waals surface area contributed by atoms with Gasteiger partial charge in [0.2, 0.25) is 0 Å². The average Bonchev–Trinajstić information content (AvgIpc) is 2.39. The van der Waals surface area contributed by atoms with E-state index >= 15 is 0 Å². The molecule has 0 bridgehead atoms. The van der Waals surface area contributed by atoms with Crippen molar-refractivity contribution in [1.29, 1.82) is 0 Å². The highest BCUT2D eigenvalue weighted by molar-refractivity contribution is 6.32. The van der Waals surface area contributed by atoms with Gasteiger partial charge in [0.1, 0.15) is 0 Å². The summed E-state index contributed by atoms with van der Waals surface area (Å²) in [6.45, 7) is 0. The smallest absolute Gasteiger partial charge is 0.0418 e. The summed E-state index contributed by atoms with van der Waals surface area (Å²) in [6.07, 6.45) is 0. The molecule has 0 atom stereocenters. The highest BCUT2D eigenvalue weighted by atomic mass is 35.5. The minimum Gasteiger partial charge on any atom is -0.0843 e. The van der Waals surface area contributed by atoms with Crippen LogP contribution in [0.2, 0.25) is 5.02 Å². The third-order valence-electron chi connectivity index (χ3n) is 2.91. The van der Waals surface area contributed by atoms with Crippen LogP contribution in [-0.4, -0.2) is 0 Å². The van der Waals surface area contributed by atoms with Gasteiger partial charge in [0, 0.05) is 5.02 Å². The number of hydrogen-bond acceptors (Lipinski definition) is 0. The number of rotatable bonds is 1. The Morgan fingerprint density at radius 2 is 1.41 bits per heavy atom. The number of fused-ring (bicyclic) bond motifs is 1. The van der Waals surface area contributed by atoms with Crippen LogP contribution in [0.1, 0.15) is 0 Å².